The molecule has 6 aromatic rings. The molecule has 6 nitrogen and oxygen atoms in total. The zero-order valence-corrected chi connectivity index (χ0v) is 19.9. The molecule has 1 N–H and O–H groups in total. The number of benzene rings is 2. The standard InChI is InChI=1S/C27H24N6S/c1-3-17-13-24-22(12-20(17)8-9-21-14-28-16-34-21)26-25(15-29-24)33(2)32-27(26)19-6-4-18(5-7-19)23-10-11-30-31-23/h4-7,10-16H,3,8-9H2,1-2H3,(H,30,31). The van der Waals surface area contributed by atoms with Crippen LogP contribution >= 0.6 is 11.3 Å². The van der Waals surface area contributed by atoms with E-state index < -0.39 is 0 Å². The van der Waals surface area contributed by atoms with E-state index in [1.54, 1.807) is 17.5 Å². The van der Waals surface area contributed by atoms with Crippen LogP contribution in [-0.4, -0.2) is 29.9 Å². The number of hydrogen-bond acceptors (Lipinski definition) is 5. The quantitative estimate of drug-likeness (QED) is 0.329. The van der Waals surface area contributed by atoms with Gasteiger partial charge >= 0.3 is 0 Å². The van der Waals surface area contributed by atoms with Crippen molar-refractivity contribution in [3.05, 3.63) is 82.6 Å². The van der Waals surface area contributed by atoms with Gasteiger partial charge in [0.25, 0.3) is 0 Å². The number of aromatic nitrogens is 6. The fourth-order valence-electron chi connectivity index (χ4n) is 4.68. The fourth-order valence-corrected chi connectivity index (χ4v) is 5.28. The minimum absolute atomic E-state index is 0.985. The van der Waals surface area contributed by atoms with Crippen LogP contribution in [0.25, 0.3) is 44.3 Å². The third-order valence-electron chi connectivity index (χ3n) is 6.48. The lowest BCUT2D eigenvalue weighted by Crippen LogP contribution is -1.97. The van der Waals surface area contributed by atoms with Gasteiger partial charge in [0.05, 0.1) is 28.4 Å². The molecule has 4 aromatic heterocycles. The van der Waals surface area contributed by atoms with Gasteiger partial charge in [0.15, 0.2) is 0 Å². The summed E-state index contributed by atoms with van der Waals surface area (Å²) < 4.78 is 1.94. The second-order valence-corrected chi connectivity index (χ2v) is 9.47. The highest BCUT2D eigenvalue weighted by atomic mass is 32.1. The second-order valence-electron chi connectivity index (χ2n) is 8.50. The number of pyridine rings is 1. The third-order valence-corrected chi connectivity index (χ3v) is 7.32. The molecular weight excluding hydrogens is 440 g/mol. The molecule has 0 atom stereocenters. The summed E-state index contributed by atoms with van der Waals surface area (Å²) in [7, 11) is 1.99. The highest BCUT2D eigenvalue weighted by molar-refractivity contribution is 7.09. The Kier molecular flexibility index (Phi) is 5.19. The Balaban J connectivity index is 1.49. The van der Waals surface area contributed by atoms with Gasteiger partial charge in [0, 0.05) is 40.7 Å². The molecule has 168 valence electrons. The van der Waals surface area contributed by atoms with Gasteiger partial charge in [-0.1, -0.05) is 31.2 Å². The maximum absolute atomic E-state index is 4.91. The summed E-state index contributed by atoms with van der Waals surface area (Å²) in [6.07, 6.45) is 8.68. The van der Waals surface area contributed by atoms with Crippen LogP contribution in [0.3, 0.4) is 0 Å². The molecule has 6 rings (SSSR count). The van der Waals surface area contributed by atoms with Crippen molar-refractivity contribution in [1.82, 2.24) is 29.9 Å². The molecule has 0 aliphatic rings. The molecule has 7 heteroatoms. The molecule has 0 bridgehead atoms. The summed E-state index contributed by atoms with van der Waals surface area (Å²) in [4.78, 5) is 10.4. The summed E-state index contributed by atoms with van der Waals surface area (Å²) in [5, 5.41) is 14.3. The molecule has 0 saturated heterocycles. The normalized spacial score (nSPS) is 11.6. The van der Waals surface area contributed by atoms with Crippen LogP contribution in [0, 0.1) is 0 Å². The Morgan fingerprint density at radius 3 is 2.56 bits per heavy atom. The molecule has 2 aromatic carbocycles. The van der Waals surface area contributed by atoms with Crippen molar-refractivity contribution in [2.45, 2.75) is 26.2 Å². The number of H-pyrrole nitrogens is 1. The lowest BCUT2D eigenvalue weighted by atomic mass is 9.95. The maximum Gasteiger partial charge on any atom is 0.101 e. The van der Waals surface area contributed by atoms with E-state index in [1.165, 1.54) is 16.0 Å². The number of nitrogens with one attached hydrogen (secondary N) is 1. The lowest BCUT2D eigenvalue weighted by Gasteiger charge is -2.11. The number of nitrogens with zero attached hydrogens (tertiary/aromatic N) is 5. The number of aromatic amines is 1. The fraction of sp³-hybridized carbons (Fsp3) is 0.185. The first-order valence-electron chi connectivity index (χ1n) is 11.5. The molecule has 0 spiro atoms. The molecule has 0 fully saturated rings. The Labute approximate surface area is 201 Å². The number of rotatable bonds is 6. The van der Waals surface area contributed by atoms with Crippen LogP contribution < -0.4 is 0 Å². The van der Waals surface area contributed by atoms with Gasteiger partial charge in [-0.25, -0.2) is 0 Å². The molecule has 34 heavy (non-hydrogen) atoms. The highest BCUT2D eigenvalue weighted by Crippen LogP contribution is 2.35. The maximum atomic E-state index is 4.91. The smallest absolute Gasteiger partial charge is 0.101 e. The van der Waals surface area contributed by atoms with E-state index in [1.807, 2.05) is 35.7 Å². The van der Waals surface area contributed by atoms with Crippen molar-refractivity contribution in [3.63, 3.8) is 0 Å². The average Bonchev–Trinajstić information content (AvgIpc) is 3.64. The number of fused-ring (bicyclic) bond motifs is 3. The van der Waals surface area contributed by atoms with Crippen LogP contribution in [0.4, 0.5) is 0 Å². The van der Waals surface area contributed by atoms with Crippen molar-refractivity contribution in [2.24, 2.45) is 7.05 Å². The van der Waals surface area contributed by atoms with E-state index in [0.717, 1.165) is 63.6 Å². The van der Waals surface area contributed by atoms with Gasteiger partial charge in [-0.2, -0.15) is 10.2 Å². The number of aryl methyl sites for hydroxylation is 4. The molecule has 0 saturated carbocycles. The van der Waals surface area contributed by atoms with E-state index in [9.17, 15) is 0 Å². The minimum Gasteiger partial charge on any atom is -0.278 e. The zero-order valence-electron chi connectivity index (χ0n) is 19.1. The first-order valence-corrected chi connectivity index (χ1v) is 12.3. The van der Waals surface area contributed by atoms with E-state index in [2.05, 4.69) is 58.5 Å². The monoisotopic (exact) mass is 464 g/mol. The Hall–Kier alpha value is -3.84. The first kappa shape index (κ1) is 20.7. The molecule has 0 aliphatic heterocycles. The van der Waals surface area contributed by atoms with Crippen molar-refractivity contribution >= 4 is 33.1 Å². The van der Waals surface area contributed by atoms with Crippen molar-refractivity contribution in [1.29, 1.82) is 0 Å². The Morgan fingerprint density at radius 1 is 0.971 bits per heavy atom. The summed E-state index contributed by atoms with van der Waals surface area (Å²) in [6.45, 7) is 2.21. The second kappa shape index (κ2) is 8.50. The van der Waals surface area contributed by atoms with Gasteiger partial charge < -0.3 is 0 Å². The Morgan fingerprint density at radius 2 is 1.82 bits per heavy atom. The predicted octanol–water partition coefficient (Wildman–Crippen LogP) is 5.98. The molecule has 4 heterocycles. The van der Waals surface area contributed by atoms with Crippen molar-refractivity contribution in [2.75, 3.05) is 0 Å². The number of hydrogen-bond donors (Lipinski definition) is 1. The SMILES string of the molecule is CCc1cc2ncc3c(c(-c4ccc(-c5ccn[nH]5)cc4)nn3C)c2cc1CCc1cncs1. The van der Waals surface area contributed by atoms with Crippen molar-refractivity contribution in [3.8, 4) is 22.5 Å². The largest absolute Gasteiger partial charge is 0.278 e. The summed E-state index contributed by atoms with van der Waals surface area (Å²) in [6, 6.07) is 15.1. The Bertz CT molecular complexity index is 1580. The number of thiazole rings is 1. The molecule has 0 unspecified atom stereocenters. The van der Waals surface area contributed by atoms with Gasteiger partial charge in [-0.3, -0.25) is 19.7 Å². The first-order chi connectivity index (χ1) is 16.7. The predicted molar refractivity (Wildman–Crippen MR) is 138 cm³/mol. The molecular formula is C27H24N6S. The summed E-state index contributed by atoms with van der Waals surface area (Å²) in [5.41, 5.74) is 10.9. The molecule has 0 aliphatic carbocycles. The highest BCUT2D eigenvalue weighted by Gasteiger charge is 2.17. The van der Waals surface area contributed by atoms with E-state index in [4.69, 9.17) is 10.1 Å². The van der Waals surface area contributed by atoms with E-state index in [-0.39, 0.29) is 0 Å². The molecule has 0 radical (unpaired) electrons. The van der Waals surface area contributed by atoms with Gasteiger partial charge in [-0.05, 0) is 54.2 Å². The lowest BCUT2D eigenvalue weighted by molar-refractivity contribution is 0.799. The zero-order chi connectivity index (χ0) is 23.1. The van der Waals surface area contributed by atoms with E-state index >= 15 is 0 Å². The summed E-state index contributed by atoms with van der Waals surface area (Å²) in [5.74, 6) is 0. The van der Waals surface area contributed by atoms with Crippen LogP contribution in [0.5, 0.6) is 0 Å². The third kappa shape index (κ3) is 3.58. The minimum atomic E-state index is 0.985. The topological polar surface area (TPSA) is 72.3 Å². The molecule has 0 amide bonds. The van der Waals surface area contributed by atoms with Gasteiger partial charge in [-0.15, -0.1) is 11.3 Å². The van der Waals surface area contributed by atoms with E-state index in [0.29, 0.717) is 0 Å². The van der Waals surface area contributed by atoms with Crippen molar-refractivity contribution < 1.29 is 0 Å². The van der Waals surface area contributed by atoms with Crippen LogP contribution in [0.2, 0.25) is 0 Å². The van der Waals surface area contributed by atoms with Crippen LogP contribution in [0.1, 0.15) is 22.9 Å². The van der Waals surface area contributed by atoms with Crippen LogP contribution in [-0.2, 0) is 26.3 Å². The summed E-state index contributed by atoms with van der Waals surface area (Å²) >= 11 is 1.72. The van der Waals surface area contributed by atoms with Gasteiger partial charge in [0.2, 0.25) is 0 Å². The van der Waals surface area contributed by atoms with Crippen LogP contribution in [0.15, 0.2) is 66.6 Å². The average molecular weight is 465 g/mol. The van der Waals surface area contributed by atoms with Gasteiger partial charge in [0.1, 0.15) is 5.69 Å².